The van der Waals surface area contributed by atoms with E-state index in [0.29, 0.717) is 0 Å². The third kappa shape index (κ3) is 3.51. The lowest BCUT2D eigenvalue weighted by Gasteiger charge is -2.33. The predicted octanol–water partition coefficient (Wildman–Crippen LogP) is -1.53. The van der Waals surface area contributed by atoms with E-state index in [1.807, 2.05) is 0 Å². The van der Waals surface area contributed by atoms with E-state index in [0.717, 1.165) is 0 Å². The Morgan fingerprint density at radius 2 is 1.36 bits per heavy atom. The van der Waals surface area contributed by atoms with E-state index in [1.54, 1.807) is 20.8 Å². The molecule has 5 N–H and O–H groups in total. The lowest BCUT2D eigenvalue weighted by molar-refractivity contribution is -0.137. The summed E-state index contributed by atoms with van der Waals surface area (Å²) in [6.07, 6.45) is -5.63. The minimum atomic E-state index is -1.55. The number of hydrogen-bond acceptors (Lipinski definition) is 5. The molecule has 4 atom stereocenters. The highest BCUT2D eigenvalue weighted by atomic mass is 16.4. The van der Waals surface area contributed by atoms with Crippen LogP contribution in [0.4, 0.5) is 0 Å². The zero-order valence-corrected chi connectivity index (χ0v) is 8.75. The van der Waals surface area contributed by atoms with Gasteiger partial charge in [0.15, 0.2) is 0 Å². The molecule has 0 rings (SSSR count). The van der Waals surface area contributed by atoms with E-state index in [1.165, 1.54) is 0 Å². The van der Waals surface area contributed by atoms with Crippen molar-refractivity contribution in [3.8, 4) is 0 Å². The fourth-order valence-electron chi connectivity index (χ4n) is 1.03. The average Bonchev–Trinajstić information content (AvgIpc) is 2.11. The highest BCUT2D eigenvalue weighted by molar-refractivity contribution is 4.86. The standard InChI is InChI=1S/C9H20O5/c1-9(2,3)8(14)7(13)6(12)5(11)4-10/h5-8,10-14H,4H2,1-3H3/t5-,6+,7+,8-/m1/s1. The summed E-state index contributed by atoms with van der Waals surface area (Å²) in [4.78, 5) is 0. The van der Waals surface area contributed by atoms with Gasteiger partial charge in [0.2, 0.25) is 0 Å². The molecule has 0 amide bonds. The maximum absolute atomic E-state index is 9.57. The van der Waals surface area contributed by atoms with Gasteiger partial charge in [-0.2, -0.15) is 0 Å². The van der Waals surface area contributed by atoms with Crippen molar-refractivity contribution in [1.29, 1.82) is 0 Å². The largest absolute Gasteiger partial charge is 0.394 e. The van der Waals surface area contributed by atoms with E-state index in [2.05, 4.69) is 0 Å². The molecular formula is C9H20O5. The molecule has 0 bridgehead atoms. The molecule has 0 spiro atoms. The van der Waals surface area contributed by atoms with Gasteiger partial charge >= 0.3 is 0 Å². The maximum atomic E-state index is 9.57. The number of aliphatic hydroxyl groups is 5. The Balaban J connectivity index is 4.38. The van der Waals surface area contributed by atoms with Gasteiger partial charge in [0, 0.05) is 0 Å². The van der Waals surface area contributed by atoms with Crippen LogP contribution in [0, 0.1) is 5.41 Å². The van der Waals surface area contributed by atoms with Crippen molar-refractivity contribution in [2.45, 2.75) is 45.2 Å². The van der Waals surface area contributed by atoms with Crippen molar-refractivity contribution in [3.63, 3.8) is 0 Å². The lowest BCUT2D eigenvalue weighted by Crippen LogP contribution is -2.50. The molecule has 5 nitrogen and oxygen atoms in total. The summed E-state index contributed by atoms with van der Waals surface area (Å²) in [6, 6.07) is 0. The first-order valence-electron chi connectivity index (χ1n) is 4.55. The Morgan fingerprint density at radius 1 is 0.929 bits per heavy atom. The van der Waals surface area contributed by atoms with Crippen LogP contribution < -0.4 is 0 Å². The third-order valence-corrected chi connectivity index (χ3v) is 2.14. The van der Waals surface area contributed by atoms with Gasteiger partial charge < -0.3 is 25.5 Å². The molecule has 86 valence electrons. The summed E-state index contributed by atoms with van der Waals surface area (Å²) in [5, 5.41) is 45.9. The second kappa shape index (κ2) is 5.04. The van der Waals surface area contributed by atoms with Crippen molar-refractivity contribution in [2.75, 3.05) is 6.61 Å². The zero-order chi connectivity index (χ0) is 11.5. The molecule has 0 heterocycles. The summed E-state index contributed by atoms with van der Waals surface area (Å²) < 4.78 is 0. The van der Waals surface area contributed by atoms with Crippen LogP contribution in [0.2, 0.25) is 0 Å². The van der Waals surface area contributed by atoms with Crippen LogP contribution in [-0.2, 0) is 0 Å². The van der Waals surface area contributed by atoms with E-state index < -0.39 is 36.4 Å². The molecule has 14 heavy (non-hydrogen) atoms. The fourth-order valence-corrected chi connectivity index (χ4v) is 1.03. The lowest BCUT2D eigenvalue weighted by atomic mass is 9.83. The van der Waals surface area contributed by atoms with Crippen LogP contribution in [0.15, 0.2) is 0 Å². The molecule has 0 saturated heterocycles. The minimum absolute atomic E-state index is 0.602. The monoisotopic (exact) mass is 208 g/mol. The molecule has 0 aliphatic heterocycles. The quantitative estimate of drug-likeness (QED) is 0.386. The molecule has 0 saturated carbocycles. The molecule has 0 radical (unpaired) electrons. The van der Waals surface area contributed by atoms with Crippen LogP contribution in [0.1, 0.15) is 20.8 Å². The summed E-state index contributed by atoms with van der Waals surface area (Å²) in [6.45, 7) is 4.42. The van der Waals surface area contributed by atoms with Crippen molar-refractivity contribution < 1.29 is 25.5 Å². The number of rotatable bonds is 4. The van der Waals surface area contributed by atoms with E-state index in [4.69, 9.17) is 10.2 Å². The summed E-state index contributed by atoms with van der Waals surface area (Å²) in [7, 11) is 0. The SMILES string of the molecule is CC(C)(C)[C@H](O)[C@@H](O)[C@@H](O)[C@H](O)CO. The molecular weight excluding hydrogens is 188 g/mol. The molecule has 0 aromatic rings. The highest BCUT2D eigenvalue weighted by Gasteiger charge is 2.36. The first-order valence-corrected chi connectivity index (χ1v) is 4.55. The molecule has 0 aromatic carbocycles. The summed E-state index contributed by atoms with van der Waals surface area (Å²) in [5.74, 6) is 0. The Hall–Kier alpha value is -0.200. The van der Waals surface area contributed by atoms with E-state index >= 15 is 0 Å². The zero-order valence-electron chi connectivity index (χ0n) is 8.75. The topological polar surface area (TPSA) is 101 Å². The second-order valence-corrected chi connectivity index (χ2v) is 4.54. The Labute approximate surface area is 83.6 Å². The highest BCUT2D eigenvalue weighted by Crippen LogP contribution is 2.23. The van der Waals surface area contributed by atoms with E-state index in [9.17, 15) is 15.3 Å². The van der Waals surface area contributed by atoms with Crippen LogP contribution in [0.3, 0.4) is 0 Å². The Bertz CT molecular complexity index is 165. The second-order valence-electron chi connectivity index (χ2n) is 4.54. The summed E-state index contributed by atoms with van der Waals surface area (Å²) >= 11 is 0. The van der Waals surface area contributed by atoms with Crippen molar-refractivity contribution in [2.24, 2.45) is 5.41 Å². The van der Waals surface area contributed by atoms with Gasteiger partial charge in [-0.05, 0) is 5.41 Å². The van der Waals surface area contributed by atoms with Gasteiger partial charge in [0.1, 0.15) is 18.3 Å². The molecule has 0 fully saturated rings. The van der Waals surface area contributed by atoms with Gasteiger partial charge in [0.05, 0.1) is 12.7 Å². The Kier molecular flexibility index (Phi) is 4.97. The molecule has 0 aromatic heterocycles. The number of aliphatic hydroxyl groups excluding tert-OH is 5. The van der Waals surface area contributed by atoms with Gasteiger partial charge in [0.25, 0.3) is 0 Å². The van der Waals surface area contributed by atoms with Gasteiger partial charge in [-0.3, -0.25) is 0 Å². The first kappa shape index (κ1) is 13.8. The molecule has 0 aliphatic rings. The van der Waals surface area contributed by atoms with Crippen molar-refractivity contribution in [3.05, 3.63) is 0 Å². The van der Waals surface area contributed by atoms with Crippen LogP contribution in [0.25, 0.3) is 0 Å². The van der Waals surface area contributed by atoms with E-state index in [-0.39, 0.29) is 0 Å². The fraction of sp³-hybridized carbons (Fsp3) is 1.00. The third-order valence-electron chi connectivity index (χ3n) is 2.14. The number of hydrogen-bond donors (Lipinski definition) is 5. The molecule has 5 heteroatoms. The van der Waals surface area contributed by atoms with Crippen LogP contribution in [-0.4, -0.2) is 56.6 Å². The van der Waals surface area contributed by atoms with Gasteiger partial charge in [-0.25, -0.2) is 0 Å². The van der Waals surface area contributed by atoms with Gasteiger partial charge in [-0.1, -0.05) is 20.8 Å². The minimum Gasteiger partial charge on any atom is -0.394 e. The predicted molar refractivity (Wildman–Crippen MR) is 50.6 cm³/mol. The average molecular weight is 208 g/mol. The summed E-state index contributed by atoms with van der Waals surface area (Å²) in [5.41, 5.74) is -0.602. The normalized spacial score (nSPS) is 21.4. The Morgan fingerprint density at radius 3 is 1.64 bits per heavy atom. The smallest absolute Gasteiger partial charge is 0.111 e. The van der Waals surface area contributed by atoms with Crippen molar-refractivity contribution >= 4 is 0 Å². The van der Waals surface area contributed by atoms with Crippen molar-refractivity contribution in [1.82, 2.24) is 0 Å². The van der Waals surface area contributed by atoms with Crippen LogP contribution >= 0.6 is 0 Å². The molecule has 0 aliphatic carbocycles. The van der Waals surface area contributed by atoms with Gasteiger partial charge in [-0.15, -0.1) is 0 Å². The first-order chi connectivity index (χ1) is 6.21. The van der Waals surface area contributed by atoms with Crippen LogP contribution in [0.5, 0.6) is 0 Å². The molecule has 0 unspecified atom stereocenters. The maximum Gasteiger partial charge on any atom is 0.111 e.